The summed E-state index contributed by atoms with van der Waals surface area (Å²) in [5.74, 6) is 0. The summed E-state index contributed by atoms with van der Waals surface area (Å²) in [5.41, 5.74) is 0.927. The molecule has 1 atom stereocenters. The van der Waals surface area contributed by atoms with E-state index >= 15 is 0 Å². The molecule has 1 nitrogen and oxygen atoms in total. The van der Waals surface area contributed by atoms with E-state index in [-0.39, 0.29) is 0 Å². The van der Waals surface area contributed by atoms with Crippen LogP contribution in [0.5, 0.6) is 0 Å². The molecule has 3 heteroatoms. The molecule has 0 radical (unpaired) electrons. The lowest BCUT2D eigenvalue weighted by atomic mass is 10.1. The Morgan fingerprint density at radius 3 is 2.43 bits per heavy atom. The minimum absolute atomic E-state index is 0.497. The van der Waals surface area contributed by atoms with Crippen LogP contribution in [0.25, 0.3) is 0 Å². The lowest BCUT2D eigenvalue weighted by Crippen LogP contribution is -1.95. The van der Waals surface area contributed by atoms with Gasteiger partial charge in [0.15, 0.2) is 0 Å². The van der Waals surface area contributed by atoms with Crippen LogP contribution in [0.2, 0.25) is 0 Å². The van der Waals surface area contributed by atoms with Crippen LogP contribution in [0.15, 0.2) is 46.3 Å². The number of aliphatic hydroxyl groups is 1. The number of benzene rings is 1. The molecule has 1 unspecified atom stereocenters. The van der Waals surface area contributed by atoms with Crippen molar-refractivity contribution in [2.24, 2.45) is 0 Å². The van der Waals surface area contributed by atoms with Gasteiger partial charge in [-0.3, -0.25) is 0 Å². The van der Waals surface area contributed by atoms with Gasteiger partial charge in [0, 0.05) is 9.35 Å². The number of hydrogen-bond acceptors (Lipinski definition) is 2. The zero-order chi connectivity index (χ0) is 9.97. The van der Waals surface area contributed by atoms with Gasteiger partial charge in [0.25, 0.3) is 0 Å². The minimum atomic E-state index is -0.497. The van der Waals surface area contributed by atoms with Crippen molar-refractivity contribution in [2.45, 2.75) is 6.10 Å². The highest BCUT2D eigenvalue weighted by Crippen LogP contribution is 2.26. The van der Waals surface area contributed by atoms with E-state index in [1.165, 1.54) is 0 Å². The van der Waals surface area contributed by atoms with E-state index in [0.717, 1.165) is 14.9 Å². The SMILES string of the molecule is OC(c1ccc(Br)cc1)c1cccs1. The highest BCUT2D eigenvalue weighted by molar-refractivity contribution is 9.10. The lowest BCUT2D eigenvalue weighted by molar-refractivity contribution is 0.224. The first-order valence-electron chi connectivity index (χ1n) is 4.24. The Labute approximate surface area is 95.2 Å². The largest absolute Gasteiger partial charge is 0.383 e. The van der Waals surface area contributed by atoms with Crippen molar-refractivity contribution in [1.82, 2.24) is 0 Å². The van der Waals surface area contributed by atoms with Crippen LogP contribution in [0.4, 0.5) is 0 Å². The molecule has 2 rings (SSSR count). The molecule has 0 saturated heterocycles. The van der Waals surface area contributed by atoms with Crippen molar-refractivity contribution < 1.29 is 5.11 Å². The quantitative estimate of drug-likeness (QED) is 0.883. The second kappa shape index (κ2) is 4.26. The van der Waals surface area contributed by atoms with Gasteiger partial charge in [-0.2, -0.15) is 0 Å². The van der Waals surface area contributed by atoms with Gasteiger partial charge >= 0.3 is 0 Å². The summed E-state index contributed by atoms with van der Waals surface area (Å²) in [5, 5.41) is 11.9. The smallest absolute Gasteiger partial charge is 0.113 e. The maximum absolute atomic E-state index is 9.97. The third-order valence-electron chi connectivity index (χ3n) is 2.00. The minimum Gasteiger partial charge on any atom is -0.383 e. The molecule has 1 N–H and O–H groups in total. The zero-order valence-electron chi connectivity index (χ0n) is 7.35. The van der Waals surface area contributed by atoms with E-state index in [1.54, 1.807) is 11.3 Å². The van der Waals surface area contributed by atoms with Crippen LogP contribution in [0.1, 0.15) is 16.5 Å². The van der Waals surface area contributed by atoms with Crippen LogP contribution in [-0.4, -0.2) is 5.11 Å². The first kappa shape index (κ1) is 9.90. The Balaban J connectivity index is 2.28. The van der Waals surface area contributed by atoms with Gasteiger partial charge in [0.05, 0.1) is 0 Å². The Kier molecular flexibility index (Phi) is 3.01. The molecule has 0 spiro atoms. The highest BCUT2D eigenvalue weighted by Gasteiger charge is 2.10. The summed E-state index contributed by atoms with van der Waals surface area (Å²) in [4.78, 5) is 0.979. The molecule has 0 aliphatic rings. The first-order valence-corrected chi connectivity index (χ1v) is 5.91. The van der Waals surface area contributed by atoms with Gasteiger partial charge in [-0.05, 0) is 29.1 Å². The van der Waals surface area contributed by atoms with Crippen LogP contribution in [-0.2, 0) is 0 Å². The fraction of sp³-hybridized carbons (Fsp3) is 0.0909. The molecular formula is C11H9BrOS. The van der Waals surface area contributed by atoms with E-state index in [4.69, 9.17) is 0 Å². The fourth-order valence-corrected chi connectivity index (χ4v) is 2.26. The Morgan fingerprint density at radius 2 is 1.86 bits per heavy atom. The first-order chi connectivity index (χ1) is 6.77. The van der Waals surface area contributed by atoms with Crippen molar-refractivity contribution in [3.63, 3.8) is 0 Å². The number of rotatable bonds is 2. The Morgan fingerprint density at radius 1 is 1.14 bits per heavy atom. The zero-order valence-corrected chi connectivity index (χ0v) is 9.75. The third kappa shape index (κ3) is 2.05. The molecule has 0 fully saturated rings. The molecule has 0 aliphatic heterocycles. The summed E-state index contributed by atoms with van der Waals surface area (Å²) in [6, 6.07) is 11.6. The molecule has 1 aromatic carbocycles. The predicted molar refractivity (Wildman–Crippen MR) is 62.5 cm³/mol. The maximum atomic E-state index is 9.97. The van der Waals surface area contributed by atoms with E-state index in [9.17, 15) is 5.11 Å². The second-order valence-corrected chi connectivity index (χ2v) is 4.86. The topological polar surface area (TPSA) is 20.2 Å². The van der Waals surface area contributed by atoms with E-state index in [2.05, 4.69) is 15.9 Å². The summed E-state index contributed by atoms with van der Waals surface area (Å²) in [7, 11) is 0. The van der Waals surface area contributed by atoms with Gasteiger partial charge in [0.1, 0.15) is 6.10 Å². The molecule has 0 aliphatic carbocycles. The second-order valence-electron chi connectivity index (χ2n) is 2.97. The molecule has 14 heavy (non-hydrogen) atoms. The average molecular weight is 269 g/mol. The third-order valence-corrected chi connectivity index (χ3v) is 3.45. The molecule has 0 bridgehead atoms. The number of hydrogen-bond donors (Lipinski definition) is 1. The standard InChI is InChI=1S/C11H9BrOS/c12-9-5-3-8(4-6-9)11(13)10-2-1-7-14-10/h1-7,11,13H. The van der Waals surface area contributed by atoms with Crippen LogP contribution >= 0.6 is 27.3 Å². The van der Waals surface area contributed by atoms with Crippen molar-refractivity contribution in [2.75, 3.05) is 0 Å². The number of thiophene rings is 1. The van der Waals surface area contributed by atoms with Gasteiger partial charge in [-0.1, -0.05) is 34.1 Å². The van der Waals surface area contributed by atoms with E-state index in [0.29, 0.717) is 0 Å². The monoisotopic (exact) mass is 268 g/mol. The van der Waals surface area contributed by atoms with Crippen LogP contribution in [0.3, 0.4) is 0 Å². The molecule has 2 aromatic rings. The maximum Gasteiger partial charge on any atom is 0.113 e. The molecule has 72 valence electrons. The Hall–Kier alpha value is -0.640. The molecular weight excluding hydrogens is 260 g/mol. The summed E-state index contributed by atoms with van der Waals surface area (Å²) >= 11 is 4.93. The van der Waals surface area contributed by atoms with Crippen LogP contribution in [0, 0.1) is 0 Å². The van der Waals surface area contributed by atoms with Gasteiger partial charge in [-0.25, -0.2) is 0 Å². The molecule has 1 heterocycles. The van der Waals surface area contributed by atoms with Crippen molar-refractivity contribution in [1.29, 1.82) is 0 Å². The summed E-state index contributed by atoms with van der Waals surface area (Å²) in [6.07, 6.45) is -0.497. The predicted octanol–water partition coefficient (Wildman–Crippen LogP) is 3.59. The van der Waals surface area contributed by atoms with E-state index < -0.39 is 6.10 Å². The average Bonchev–Trinajstić information content (AvgIpc) is 2.71. The number of aliphatic hydroxyl groups excluding tert-OH is 1. The summed E-state index contributed by atoms with van der Waals surface area (Å²) in [6.45, 7) is 0. The van der Waals surface area contributed by atoms with Crippen molar-refractivity contribution >= 4 is 27.3 Å². The van der Waals surface area contributed by atoms with Gasteiger partial charge in [0.2, 0.25) is 0 Å². The van der Waals surface area contributed by atoms with Gasteiger partial charge < -0.3 is 5.11 Å². The Bertz CT molecular complexity index is 394. The normalized spacial score (nSPS) is 12.7. The van der Waals surface area contributed by atoms with Crippen molar-refractivity contribution in [3.05, 3.63) is 56.7 Å². The highest BCUT2D eigenvalue weighted by atomic mass is 79.9. The van der Waals surface area contributed by atoms with Crippen LogP contribution < -0.4 is 0 Å². The lowest BCUT2D eigenvalue weighted by Gasteiger charge is -2.08. The molecule has 0 saturated carbocycles. The van der Waals surface area contributed by atoms with Crippen molar-refractivity contribution in [3.8, 4) is 0 Å². The fourth-order valence-electron chi connectivity index (χ4n) is 1.26. The molecule has 1 aromatic heterocycles. The summed E-state index contributed by atoms with van der Waals surface area (Å²) < 4.78 is 1.03. The number of halogens is 1. The van der Waals surface area contributed by atoms with Gasteiger partial charge in [-0.15, -0.1) is 11.3 Å². The molecule has 0 amide bonds. The van der Waals surface area contributed by atoms with E-state index in [1.807, 2.05) is 41.8 Å².